The minimum atomic E-state index is -0.405. The number of amides is 2. The van der Waals surface area contributed by atoms with Crippen molar-refractivity contribution in [3.8, 4) is 0 Å². The van der Waals surface area contributed by atoms with E-state index in [4.69, 9.17) is 4.74 Å². The molecule has 1 aromatic carbocycles. The Morgan fingerprint density at radius 3 is 2.71 bits per heavy atom. The van der Waals surface area contributed by atoms with Crippen molar-refractivity contribution in [3.05, 3.63) is 30.1 Å². The molecule has 2 saturated heterocycles. The van der Waals surface area contributed by atoms with Crippen LogP contribution in [-0.2, 0) is 4.74 Å². The Bertz CT molecular complexity index is 573. The van der Waals surface area contributed by atoms with Crippen molar-refractivity contribution in [3.63, 3.8) is 0 Å². The van der Waals surface area contributed by atoms with E-state index in [9.17, 15) is 9.18 Å². The molecule has 0 saturated carbocycles. The summed E-state index contributed by atoms with van der Waals surface area (Å²) in [5.41, 5.74) is 0.238. The number of nitrogens with zero attached hydrogens (tertiary/aromatic N) is 2. The molecule has 6 heteroatoms. The summed E-state index contributed by atoms with van der Waals surface area (Å²) in [5, 5.41) is 2.71. The number of para-hydroxylation sites is 1. The number of rotatable bonds is 3. The summed E-state index contributed by atoms with van der Waals surface area (Å²) in [6, 6.07) is 6.24. The summed E-state index contributed by atoms with van der Waals surface area (Å²) in [6.07, 6.45) is 2.42. The predicted molar refractivity (Wildman–Crippen MR) is 91.6 cm³/mol. The first-order valence-corrected chi connectivity index (χ1v) is 8.73. The predicted octanol–water partition coefficient (Wildman–Crippen LogP) is 2.93. The van der Waals surface area contributed by atoms with Crippen molar-refractivity contribution in [2.75, 3.05) is 31.5 Å². The van der Waals surface area contributed by atoms with Gasteiger partial charge >= 0.3 is 6.03 Å². The van der Waals surface area contributed by atoms with Crippen LogP contribution in [0.4, 0.5) is 14.9 Å². The molecular formula is C18H26FN3O2. The molecule has 0 radical (unpaired) electrons. The minimum absolute atomic E-state index is 0.175. The zero-order valence-electron chi connectivity index (χ0n) is 14.4. The Labute approximate surface area is 142 Å². The molecule has 2 heterocycles. The van der Waals surface area contributed by atoms with E-state index < -0.39 is 5.82 Å². The van der Waals surface area contributed by atoms with Gasteiger partial charge in [-0.2, -0.15) is 0 Å². The maximum Gasteiger partial charge on any atom is 0.322 e. The van der Waals surface area contributed by atoms with Gasteiger partial charge in [0.1, 0.15) is 5.82 Å². The lowest BCUT2D eigenvalue weighted by atomic mass is 10.1. The van der Waals surface area contributed by atoms with Crippen LogP contribution in [0.2, 0.25) is 0 Å². The second-order valence-corrected chi connectivity index (χ2v) is 6.88. The highest BCUT2D eigenvalue weighted by Gasteiger charge is 2.32. The zero-order chi connectivity index (χ0) is 17.1. The Hall–Kier alpha value is -1.66. The van der Waals surface area contributed by atoms with E-state index in [-0.39, 0.29) is 30.0 Å². The Morgan fingerprint density at radius 2 is 2.00 bits per heavy atom. The van der Waals surface area contributed by atoms with E-state index in [1.54, 1.807) is 18.2 Å². The monoisotopic (exact) mass is 335 g/mol. The maximum atomic E-state index is 13.7. The van der Waals surface area contributed by atoms with Crippen LogP contribution in [0.15, 0.2) is 24.3 Å². The molecule has 3 atom stereocenters. The Balaban J connectivity index is 1.60. The second-order valence-electron chi connectivity index (χ2n) is 6.88. The topological polar surface area (TPSA) is 44.8 Å². The fourth-order valence-corrected chi connectivity index (χ4v) is 3.77. The summed E-state index contributed by atoms with van der Waals surface area (Å²) in [5.74, 6) is -0.405. The van der Waals surface area contributed by atoms with Gasteiger partial charge in [-0.05, 0) is 38.8 Å². The standard InChI is InChI=1S/C18H26FN3O2/c1-13-10-21(11-14(2)24-13)12-15-6-5-9-22(15)18(23)20-17-8-4-3-7-16(17)19/h3-4,7-8,13-15H,5-6,9-12H2,1-2H3,(H,20,23). The number of likely N-dealkylation sites (tertiary alicyclic amines) is 1. The molecule has 3 unspecified atom stereocenters. The number of carbonyl (C=O) groups is 1. The summed E-state index contributed by atoms with van der Waals surface area (Å²) in [4.78, 5) is 16.8. The highest BCUT2D eigenvalue weighted by molar-refractivity contribution is 5.89. The van der Waals surface area contributed by atoms with Crippen LogP contribution in [0, 0.1) is 5.82 Å². The van der Waals surface area contributed by atoms with E-state index in [1.165, 1.54) is 6.07 Å². The Morgan fingerprint density at radius 1 is 1.29 bits per heavy atom. The first-order valence-electron chi connectivity index (χ1n) is 8.73. The Kier molecular flexibility index (Phi) is 5.36. The smallest absolute Gasteiger partial charge is 0.322 e. The van der Waals surface area contributed by atoms with Crippen LogP contribution in [0.25, 0.3) is 0 Å². The lowest BCUT2D eigenvalue weighted by molar-refractivity contribution is -0.0712. The van der Waals surface area contributed by atoms with E-state index in [0.29, 0.717) is 0 Å². The molecule has 2 fully saturated rings. The molecule has 2 amide bonds. The van der Waals surface area contributed by atoms with Crippen molar-refractivity contribution in [2.24, 2.45) is 0 Å². The number of morpholine rings is 1. The van der Waals surface area contributed by atoms with E-state index in [0.717, 1.165) is 39.0 Å². The molecule has 0 bridgehead atoms. The lowest BCUT2D eigenvalue weighted by Crippen LogP contribution is -2.51. The van der Waals surface area contributed by atoms with Crippen molar-refractivity contribution in [1.82, 2.24) is 9.80 Å². The maximum absolute atomic E-state index is 13.7. The highest BCUT2D eigenvalue weighted by atomic mass is 19.1. The van der Waals surface area contributed by atoms with Gasteiger partial charge in [-0.25, -0.2) is 9.18 Å². The summed E-state index contributed by atoms with van der Waals surface area (Å²) >= 11 is 0. The van der Waals surface area contributed by atoms with Gasteiger partial charge in [-0.15, -0.1) is 0 Å². The first kappa shape index (κ1) is 17.2. The van der Waals surface area contributed by atoms with Gasteiger partial charge in [-0.3, -0.25) is 4.90 Å². The number of halogens is 1. The SMILES string of the molecule is CC1CN(CC2CCCN2C(=O)Nc2ccccc2F)CC(C)O1. The average molecular weight is 335 g/mol. The normalized spacial score (nSPS) is 28.1. The van der Waals surface area contributed by atoms with E-state index in [2.05, 4.69) is 24.1 Å². The summed E-state index contributed by atoms with van der Waals surface area (Å²) < 4.78 is 19.5. The minimum Gasteiger partial charge on any atom is -0.373 e. The van der Waals surface area contributed by atoms with Gasteiger partial charge in [0.15, 0.2) is 0 Å². The zero-order valence-corrected chi connectivity index (χ0v) is 14.4. The molecule has 3 rings (SSSR count). The van der Waals surface area contributed by atoms with Crippen LogP contribution < -0.4 is 5.32 Å². The molecule has 1 aromatic rings. The molecule has 5 nitrogen and oxygen atoms in total. The van der Waals surface area contributed by atoms with Crippen LogP contribution >= 0.6 is 0 Å². The van der Waals surface area contributed by atoms with E-state index >= 15 is 0 Å². The number of urea groups is 1. The van der Waals surface area contributed by atoms with Crippen molar-refractivity contribution in [1.29, 1.82) is 0 Å². The second kappa shape index (κ2) is 7.49. The molecule has 2 aliphatic rings. The van der Waals surface area contributed by atoms with Gasteiger partial charge in [0.2, 0.25) is 0 Å². The number of ether oxygens (including phenoxy) is 1. The molecule has 1 N–H and O–H groups in total. The number of carbonyl (C=O) groups excluding carboxylic acids is 1. The van der Waals surface area contributed by atoms with Gasteiger partial charge in [0, 0.05) is 32.2 Å². The fourth-order valence-electron chi connectivity index (χ4n) is 3.77. The third kappa shape index (κ3) is 4.05. The third-order valence-electron chi connectivity index (χ3n) is 4.72. The van der Waals surface area contributed by atoms with Crippen LogP contribution in [0.3, 0.4) is 0 Å². The number of hydrogen-bond acceptors (Lipinski definition) is 3. The van der Waals surface area contributed by atoms with Crippen LogP contribution in [-0.4, -0.2) is 60.3 Å². The molecular weight excluding hydrogens is 309 g/mol. The average Bonchev–Trinajstić information content (AvgIpc) is 2.96. The van der Waals surface area contributed by atoms with Crippen LogP contribution in [0.1, 0.15) is 26.7 Å². The third-order valence-corrected chi connectivity index (χ3v) is 4.72. The molecule has 0 spiro atoms. The van der Waals surface area contributed by atoms with Crippen molar-refractivity contribution < 1.29 is 13.9 Å². The van der Waals surface area contributed by atoms with Crippen LogP contribution in [0.5, 0.6) is 0 Å². The van der Waals surface area contributed by atoms with Gasteiger partial charge in [0.05, 0.1) is 17.9 Å². The van der Waals surface area contributed by atoms with Crippen molar-refractivity contribution >= 4 is 11.7 Å². The fraction of sp³-hybridized carbons (Fsp3) is 0.611. The molecule has 132 valence electrons. The quantitative estimate of drug-likeness (QED) is 0.924. The van der Waals surface area contributed by atoms with E-state index in [1.807, 2.05) is 4.90 Å². The summed E-state index contributed by atoms with van der Waals surface area (Å²) in [6.45, 7) is 7.52. The number of nitrogens with one attached hydrogen (secondary N) is 1. The van der Waals surface area contributed by atoms with Gasteiger partial charge in [0.25, 0.3) is 0 Å². The largest absolute Gasteiger partial charge is 0.373 e. The molecule has 2 aliphatic heterocycles. The van der Waals surface area contributed by atoms with Gasteiger partial charge < -0.3 is 15.0 Å². The summed E-state index contributed by atoms with van der Waals surface area (Å²) in [7, 11) is 0. The molecule has 24 heavy (non-hydrogen) atoms. The lowest BCUT2D eigenvalue weighted by Gasteiger charge is -2.38. The number of anilines is 1. The van der Waals surface area contributed by atoms with Crippen molar-refractivity contribution in [2.45, 2.75) is 44.9 Å². The highest BCUT2D eigenvalue weighted by Crippen LogP contribution is 2.22. The first-order chi connectivity index (χ1) is 11.5. The molecule has 0 aliphatic carbocycles. The molecule has 0 aromatic heterocycles. The number of benzene rings is 1. The number of hydrogen-bond donors (Lipinski definition) is 1. The van der Waals surface area contributed by atoms with Gasteiger partial charge in [-0.1, -0.05) is 12.1 Å².